The van der Waals surface area contributed by atoms with E-state index in [0.717, 1.165) is 5.75 Å². The Morgan fingerprint density at radius 2 is 1.86 bits per heavy atom. The van der Waals surface area contributed by atoms with Crippen molar-refractivity contribution >= 4 is 29.3 Å². The molecule has 3 aromatic rings. The van der Waals surface area contributed by atoms with Crippen LogP contribution in [-0.4, -0.2) is 47.1 Å². The summed E-state index contributed by atoms with van der Waals surface area (Å²) < 4.78 is 5.91. The van der Waals surface area contributed by atoms with Crippen molar-refractivity contribution in [1.29, 1.82) is 0 Å². The lowest BCUT2D eigenvalue weighted by molar-refractivity contribution is 0.0825. The minimum atomic E-state index is -0.147. The fourth-order valence-electron chi connectivity index (χ4n) is 2.94. The molecule has 1 aliphatic heterocycles. The number of hydrogen-bond donors (Lipinski definition) is 1. The molecule has 1 N–H and O–H groups in total. The highest BCUT2D eigenvalue weighted by molar-refractivity contribution is 6.30. The number of aromatic nitrogens is 2. The van der Waals surface area contributed by atoms with Gasteiger partial charge in [-0.1, -0.05) is 29.8 Å². The molecule has 7 nitrogen and oxygen atoms in total. The van der Waals surface area contributed by atoms with Crippen LogP contribution in [0.4, 0.5) is 11.8 Å². The maximum absolute atomic E-state index is 12.5. The van der Waals surface area contributed by atoms with Gasteiger partial charge in [-0.05, 0) is 36.4 Å². The molecular formula is C21H20ClN5O2. The third-order valence-electron chi connectivity index (χ3n) is 4.50. The number of rotatable bonds is 6. The summed E-state index contributed by atoms with van der Waals surface area (Å²) in [6.07, 6.45) is 1.73. The monoisotopic (exact) mass is 409 g/mol. The van der Waals surface area contributed by atoms with Crippen LogP contribution in [-0.2, 0) is 0 Å². The normalized spacial score (nSPS) is 13.5. The number of ether oxygens (including phenoxy) is 1. The van der Waals surface area contributed by atoms with E-state index in [1.807, 2.05) is 35.2 Å². The number of nitrogens with one attached hydrogen (secondary N) is 1. The minimum Gasteiger partial charge on any atom is -0.487 e. The maximum atomic E-state index is 12.5. The van der Waals surface area contributed by atoms with Gasteiger partial charge in [0.05, 0.1) is 13.1 Å². The fourth-order valence-corrected chi connectivity index (χ4v) is 3.07. The van der Waals surface area contributed by atoms with Gasteiger partial charge in [0, 0.05) is 29.9 Å². The SMILES string of the molecule is CN(Nc1ccnc(N2CC(Oc3ccc(Cl)cc3)C2)n1)C(=O)c1ccccc1. The summed E-state index contributed by atoms with van der Waals surface area (Å²) >= 11 is 5.89. The zero-order chi connectivity index (χ0) is 20.2. The van der Waals surface area contributed by atoms with E-state index in [1.54, 1.807) is 43.6 Å². The van der Waals surface area contributed by atoms with Crippen LogP contribution >= 0.6 is 11.6 Å². The Bertz CT molecular complexity index is 978. The van der Waals surface area contributed by atoms with E-state index >= 15 is 0 Å². The van der Waals surface area contributed by atoms with E-state index in [0.29, 0.717) is 35.4 Å². The number of hydrazine groups is 1. The van der Waals surface area contributed by atoms with Crippen molar-refractivity contribution in [3.8, 4) is 5.75 Å². The lowest BCUT2D eigenvalue weighted by Gasteiger charge is -2.39. The quantitative estimate of drug-likeness (QED) is 0.628. The maximum Gasteiger partial charge on any atom is 0.271 e. The number of carbonyl (C=O) groups is 1. The van der Waals surface area contributed by atoms with E-state index in [2.05, 4.69) is 15.4 Å². The lowest BCUT2D eigenvalue weighted by atomic mass is 10.2. The standard InChI is InChI=1S/C21H20ClN5O2/c1-26(20(28)15-5-3-2-4-6-15)25-19-11-12-23-21(24-19)27-13-18(14-27)29-17-9-7-16(22)8-10-17/h2-12,18H,13-14H2,1H3,(H,23,24,25). The second-order valence-electron chi connectivity index (χ2n) is 6.68. The summed E-state index contributed by atoms with van der Waals surface area (Å²) in [5.41, 5.74) is 3.60. The Kier molecular flexibility index (Phi) is 5.48. The third kappa shape index (κ3) is 4.57. The van der Waals surface area contributed by atoms with E-state index in [4.69, 9.17) is 16.3 Å². The molecule has 0 aliphatic carbocycles. The van der Waals surface area contributed by atoms with Crippen LogP contribution in [0.5, 0.6) is 5.75 Å². The molecule has 1 amide bonds. The van der Waals surface area contributed by atoms with Crippen LogP contribution in [0.2, 0.25) is 5.02 Å². The van der Waals surface area contributed by atoms with E-state index in [1.165, 1.54) is 5.01 Å². The highest BCUT2D eigenvalue weighted by Crippen LogP contribution is 2.23. The van der Waals surface area contributed by atoms with Gasteiger partial charge >= 0.3 is 0 Å². The van der Waals surface area contributed by atoms with Gasteiger partial charge in [-0.3, -0.25) is 15.2 Å². The first-order valence-corrected chi connectivity index (χ1v) is 9.56. The molecular weight excluding hydrogens is 390 g/mol. The van der Waals surface area contributed by atoms with Gasteiger partial charge in [-0.2, -0.15) is 4.98 Å². The molecule has 1 saturated heterocycles. The van der Waals surface area contributed by atoms with Gasteiger partial charge < -0.3 is 9.64 Å². The van der Waals surface area contributed by atoms with Crippen LogP contribution in [0.15, 0.2) is 66.9 Å². The number of amides is 1. The molecule has 1 aliphatic rings. The molecule has 0 atom stereocenters. The van der Waals surface area contributed by atoms with Gasteiger partial charge in [-0.15, -0.1) is 0 Å². The van der Waals surface area contributed by atoms with Gasteiger partial charge in [-0.25, -0.2) is 4.98 Å². The molecule has 148 valence electrons. The number of halogens is 1. The van der Waals surface area contributed by atoms with Gasteiger partial charge in [0.2, 0.25) is 5.95 Å². The van der Waals surface area contributed by atoms with Crippen LogP contribution < -0.4 is 15.1 Å². The highest BCUT2D eigenvalue weighted by Gasteiger charge is 2.30. The van der Waals surface area contributed by atoms with E-state index < -0.39 is 0 Å². The summed E-state index contributed by atoms with van der Waals surface area (Å²) in [7, 11) is 1.66. The minimum absolute atomic E-state index is 0.0683. The summed E-state index contributed by atoms with van der Waals surface area (Å²) in [5.74, 6) is 1.78. The number of benzene rings is 2. The van der Waals surface area contributed by atoms with Crippen molar-refractivity contribution in [1.82, 2.24) is 15.0 Å². The molecule has 0 spiro atoms. The van der Waals surface area contributed by atoms with Crippen LogP contribution in [0.1, 0.15) is 10.4 Å². The lowest BCUT2D eigenvalue weighted by Crippen LogP contribution is -2.54. The summed E-state index contributed by atoms with van der Waals surface area (Å²) in [6.45, 7) is 1.37. The van der Waals surface area contributed by atoms with Crippen molar-refractivity contribution < 1.29 is 9.53 Å². The Balaban J connectivity index is 1.33. The number of anilines is 2. The molecule has 0 radical (unpaired) electrons. The average Bonchev–Trinajstić information content (AvgIpc) is 2.72. The van der Waals surface area contributed by atoms with Gasteiger partial charge in [0.15, 0.2) is 0 Å². The Labute approximate surface area is 173 Å². The Hall–Kier alpha value is -3.32. The smallest absolute Gasteiger partial charge is 0.271 e. The first-order chi connectivity index (χ1) is 14.1. The third-order valence-corrected chi connectivity index (χ3v) is 4.75. The van der Waals surface area contributed by atoms with Gasteiger partial charge in [0.25, 0.3) is 5.91 Å². The second kappa shape index (κ2) is 8.36. The fraction of sp³-hybridized carbons (Fsp3) is 0.190. The summed E-state index contributed by atoms with van der Waals surface area (Å²) in [6, 6.07) is 18.1. The van der Waals surface area contributed by atoms with E-state index in [9.17, 15) is 4.79 Å². The molecule has 4 rings (SSSR count). The predicted octanol–water partition coefficient (Wildman–Crippen LogP) is 3.50. The molecule has 0 unspecified atom stereocenters. The number of hydrogen-bond acceptors (Lipinski definition) is 6. The number of carbonyl (C=O) groups excluding carboxylic acids is 1. The largest absolute Gasteiger partial charge is 0.487 e. The van der Waals surface area contributed by atoms with Crippen LogP contribution in [0, 0.1) is 0 Å². The Morgan fingerprint density at radius 3 is 2.59 bits per heavy atom. The molecule has 8 heteroatoms. The summed E-state index contributed by atoms with van der Waals surface area (Å²) in [5, 5.41) is 2.09. The van der Waals surface area contributed by atoms with Crippen molar-refractivity contribution in [2.75, 3.05) is 30.5 Å². The van der Waals surface area contributed by atoms with Gasteiger partial charge in [0.1, 0.15) is 17.7 Å². The average molecular weight is 410 g/mol. The van der Waals surface area contributed by atoms with Crippen LogP contribution in [0.25, 0.3) is 0 Å². The van der Waals surface area contributed by atoms with E-state index in [-0.39, 0.29) is 12.0 Å². The molecule has 0 saturated carbocycles. The second-order valence-corrected chi connectivity index (χ2v) is 7.12. The zero-order valence-corrected chi connectivity index (χ0v) is 16.6. The molecule has 2 heterocycles. The molecule has 2 aromatic carbocycles. The predicted molar refractivity (Wildman–Crippen MR) is 112 cm³/mol. The molecule has 29 heavy (non-hydrogen) atoms. The summed E-state index contributed by atoms with van der Waals surface area (Å²) in [4.78, 5) is 23.3. The first-order valence-electron chi connectivity index (χ1n) is 9.18. The highest BCUT2D eigenvalue weighted by atomic mass is 35.5. The van der Waals surface area contributed by atoms with Crippen molar-refractivity contribution in [2.45, 2.75) is 6.10 Å². The Morgan fingerprint density at radius 1 is 1.14 bits per heavy atom. The molecule has 1 fully saturated rings. The van der Waals surface area contributed by atoms with Crippen molar-refractivity contribution in [3.63, 3.8) is 0 Å². The van der Waals surface area contributed by atoms with Crippen molar-refractivity contribution in [2.24, 2.45) is 0 Å². The topological polar surface area (TPSA) is 70.6 Å². The molecule has 1 aromatic heterocycles. The molecule has 0 bridgehead atoms. The number of nitrogens with zero attached hydrogens (tertiary/aromatic N) is 4. The first kappa shape index (κ1) is 19.0. The van der Waals surface area contributed by atoms with Crippen LogP contribution in [0.3, 0.4) is 0 Å². The van der Waals surface area contributed by atoms with Crippen molar-refractivity contribution in [3.05, 3.63) is 77.4 Å². The zero-order valence-electron chi connectivity index (χ0n) is 15.8.